The number of nitro benzene ring substituents is 1. The number of sulfonamides is 1. The number of nitrogens with one attached hydrogen (secondary N) is 2. The lowest BCUT2D eigenvalue weighted by Gasteiger charge is -2.22. The predicted octanol–water partition coefficient (Wildman–Crippen LogP) is 4.61. The summed E-state index contributed by atoms with van der Waals surface area (Å²) in [7, 11) is -4.31. The molecular weight excluding hydrogens is 804 g/mol. The van der Waals surface area contributed by atoms with Gasteiger partial charge in [-0.1, -0.05) is 83.6 Å². The van der Waals surface area contributed by atoms with E-state index in [-0.39, 0.29) is 58.0 Å². The first-order chi connectivity index (χ1) is 27.4. The van der Waals surface area contributed by atoms with E-state index >= 15 is 0 Å². The second-order valence-electron chi connectivity index (χ2n) is 11.8. The number of ether oxygens (including phenoxy) is 2. The zero-order valence-corrected chi connectivity index (χ0v) is 32.1. The third kappa shape index (κ3) is 9.88. The second kappa shape index (κ2) is 18.0. The number of nitro groups is 1. The molecule has 0 spiro atoms. The molecule has 0 aliphatic carbocycles. The minimum absolute atomic E-state index is 0.0133. The molecule has 57 heavy (non-hydrogen) atoms. The van der Waals surface area contributed by atoms with Crippen molar-refractivity contribution in [2.45, 2.75) is 23.9 Å². The van der Waals surface area contributed by atoms with E-state index in [1.807, 2.05) is 60.7 Å². The van der Waals surface area contributed by atoms with Crippen LogP contribution in [0.25, 0.3) is 21.7 Å². The molecule has 0 aliphatic heterocycles. The summed E-state index contributed by atoms with van der Waals surface area (Å²) in [6.45, 7) is 0.0802. The van der Waals surface area contributed by atoms with Crippen molar-refractivity contribution < 1.29 is 37.2 Å². The Morgan fingerprint density at radius 3 is 2.37 bits per heavy atom. The van der Waals surface area contributed by atoms with Crippen molar-refractivity contribution in [1.82, 2.24) is 39.3 Å². The number of amides is 2. The number of carbonyl (C=O) groups is 3. The van der Waals surface area contributed by atoms with E-state index in [2.05, 4.69) is 35.2 Å². The molecule has 22 heteroatoms. The van der Waals surface area contributed by atoms with Crippen LogP contribution in [-0.2, 0) is 35.6 Å². The van der Waals surface area contributed by atoms with Crippen molar-refractivity contribution in [2.24, 2.45) is 0 Å². The Balaban J connectivity index is 1.13. The highest BCUT2D eigenvalue weighted by Crippen LogP contribution is 2.35. The van der Waals surface area contributed by atoms with Crippen LogP contribution < -0.4 is 10.0 Å². The third-order valence-corrected chi connectivity index (χ3v) is 11.1. The van der Waals surface area contributed by atoms with Gasteiger partial charge in [0.25, 0.3) is 15.7 Å². The van der Waals surface area contributed by atoms with Gasteiger partial charge in [-0.25, -0.2) is 32.9 Å². The summed E-state index contributed by atoms with van der Waals surface area (Å²) in [5.41, 5.74) is 1.43. The van der Waals surface area contributed by atoms with Crippen molar-refractivity contribution in [3.63, 3.8) is 0 Å². The van der Waals surface area contributed by atoms with E-state index in [9.17, 15) is 32.9 Å². The Hall–Kier alpha value is -6.42. The van der Waals surface area contributed by atoms with E-state index in [1.54, 1.807) is 6.92 Å². The van der Waals surface area contributed by atoms with Gasteiger partial charge in [-0.2, -0.15) is 0 Å². The number of esters is 1. The normalized spacial score (nSPS) is 11.4. The number of halogens is 1. The summed E-state index contributed by atoms with van der Waals surface area (Å²) < 4.78 is 40.3. The Labute approximate surface area is 332 Å². The van der Waals surface area contributed by atoms with E-state index in [1.165, 1.54) is 29.4 Å². The molecule has 2 N–H and O–H groups in total. The van der Waals surface area contributed by atoms with E-state index in [4.69, 9.17) is 21.1 Å². The Morgan fingerprint density at radius 1 is 1.00 bits per heavy atom. The van der Waals surface area contributed by atoms with Crippen LogP contribution >= 0.6 is 22.9 Å². The lowest BCUT2D eigenvalue weighted by atomic mass is 10.0. The maximum absolute atomic E-state index is 13.6. The number of imidazole rings is 1. The average molecular weight is 835 g/mol. The summed E-state index contributed by atoms with van der Waals surface area (Å²) in [4.78, 5) is 63.9. The van der Waals surface area contributed by atoms with E-state index < -0.39 is 56.4 Å². The maximum atomic E-state index is 13.6. The van der Waals surface area contributed by atoms with Gasteiger partial charge >= 0.3 is 12.1 Å². The smallest absolute Gasteiger partial charge is 0.413 e. The molecule has 0 atom stereocenters. The van der Waals surface area contributed by atoms with Gasteiger partial charge in [0.2, 0.25) is 10.2 Å². The summed E-state index contributed by atoms with van der Waals surface area (Å²) >= 11 is 6.48. The summed E-state index contributed by atoms with van der Waals surface area (Å²) in [5.74, 6) is -1.35. The molecule has 0 radical (unpaired) electrons. The number of benzene rings is 3. The van der Waals surface area contributed by atoms with Crippen LogP contribution in [-0.4, -0.2) is 92.2 Å². The van der Waals surface area contributed by atoms with Crippen LogP contribution in [0, 0.1) is 10.1 Å². The highest BCUT2D eigenvalue weighted by Gasteiger charge is 2.27. The second-order valence-corrected chi connectivity index (χ2v) is 15.2. The van der Waals surface area contributed by atoms with Gasteiger partial charge in [0, 0.05) is 24.2 Å². The van der Waals surface area contributed by atoms with E-state index in [0.29, 0.717) is 11.3 Å². The van der Waals surface area contributed by atoms with Crippen LogP contribution in [0.3, 0.4) is 0 Å². The lowest BCUT2D eigenvalue weighted by molar-refractivity contribution is -0.384. The number of fused-ring (bicyclic) bond motifs is 1. The minimum atomic E-state index is -4.31. The molecule has 294 valence electrons. The largest absolute Gasteiger partial charge is 0.465 e. The monoisotopic (exact) mass is 834 g/mol. The first kappa shape index (κ1) is 40.2. The number of anilines is 1. The molecule has 0 saturated heterocycles. The standard InChI is InChI=1S/C35H31ClN10O9S2/c1-2-54-28(48)19-44(16-15-40-57(52,53)35-43-42-33(56-35)25-14-13-24(36)17-26(25)46(50)51)27(47)18-45-21-39-29-31(37-20-38-32(29)45)41-34(49)55-30(22-9-5-3-6-10-22)23-11-7-4-8-12-23/h3-14,17,20-21,30,40H,2,15-16,18-19H2,1H3,(H,37,38,41,49). The van der Waals surface area contributed by atoms with Gasteiger partial charge in [0.15, 0.2) is 28.1 Å². The highest BCUT2D eigenvalue weighted by molar-refractivity contribution is 7.91. The van der Waals surface area contributed by atoms with Crippen molar-refractivity contribution in [1.29, 1.82) is 0 Å². The molecule has 0 aliphatic rings. The van der Waals surface area contributed by atoms with E-state index in [0.717, 1.165) is 22.1 Å². The summed E-state index contributed by atoms with van der Waals surface area (Å²) in [6.07, 6.45) is 0.913. The SMILES string of the molecule is CCOC(=O)CN(CCNS(=O)(=O)c1nnc(-c2ccc(Cl)cc2[N+](=O)[O-])s1)C(=O)Cn1cnc2c(NC(=O)OC(c3ccccc3)c3ccccc3)ncnc21. The molecule has 0 fully saturated rings. The first-order valence-electron chi connectivity index (χ1n) is 16.9. The van der Waals surface area contributed by atoms with Crippen LogP contribution in [0.1, 0.15) is 24.2 Å². The predicted molar refractivity (Wildman–Crippen MR) is 206 cm³/mol. The van der Waals surface area contributed by atoms with Gasteiger partial charge in [0.1, 0.15) is 19.4 Å². The van der Waals surface area contributed by atoms with Crippen molar-refractivity contribution in [3.05, 3.63) is 118 Å². The van der Waals surface area contributed by atoms with Gasteiger partial charge < -0.3 is 18.9 Å². The Morgan fingerprint density at radius 2 is 1.70 bits per heavy atom. The number of carbonyl (C=O) groups excluding carboxylic acids is 3. The number of hydrogen-bond acceptors (Lipinski definition) is 15. The topological polar surface area (TPSA) is 244 Å². The molecule has 19 nitrogen and oxygen atoms in total. The quantitative estimate of drug-likeness (QED) is 0.0769. The minimum Gasteiger partial charge on any atom is -0.465 e. The molecular formula is C35H31ClN10O9S2. The molecule has 3 aromatic heterocycles. The van der Waals surface area contributed by atoms with Gasteiger partial charge in [-0.05, 0) is 30.2 Å². The molecule has 0 bridgehead atoms. The Kier molecular flexibility index (Phi) is 12.7. The Bertz CT molecular complexity index is 2480. The molecule has 3 heterocycles. The summed E-state index contributed by atoms with van der Waals surface area (Å²) in [5, 5.41) is 21.7. The average Bonchev–Trinajstić information content (AvgIpc) is 3.86. The number of rotatable bonds is 16. The summed E-state index contributed by atoms with van der Waals surface area (Å²) in [6, 6.07) is 22.2. The fourth-order valence-corrected chi connectivity index (χ4v) is 7.71. The zero-order valence-electron chi connectivity index (χ0n) is 29.7. The van der Waals surface area contributed by atoms with Crippen molar-refractivity contribution >= 4 is 73.6 Å². The molecule has 6 aromatic rings. The van der Waals surface area contributed by atoms with Crippen LogP contribution in [0.15, 0.2) is 95.9 Å². The van der Waals surface area contributed by atoms with Crippen LogP contribution in [0.2, 0.25) is 5.02 Å². The lowest BCUT2D eigenvalue weighted by Crippen LogP contribution is -2.43. The van der Waals surface area contributed by atoms with Gasteiger partial charge in [0.05, 0.1) is 23.4 Å². The third-order valence-electron chi connectivity index (χ3n) is 8.03. The van der Waals surface area contributed by atoms with Crippen molar-refractivity contribution in [3.8, 4) is 10.6 Å². The number of aromatic nitrogens is 6. The molecule has 2 amide bonds. The highest BCUT2D eigenvalue weighted by atomic mass is 35.5. The maximum Gasteiger partial charge on any atom is 0.413 e. The zero-order chi connectivity index (χ0) is 40.5. The van der Waals surface area contributed by atoms with Crippen molar-refractivity contribution in [2.75, 3.05) is 31.6 Å². The fourth-order valence-electron chi connectivity index (χ4n) is 5.45. The molecule has 0 unspecified atom stereocenters. The molecule has 3 aromatic carbocycles. The van der Waals surface area contributed by atoms with Crippen LogP contribution in [0.4, 0.5) is 16.3 Å². The molecule has 6 rings (SSSR count). The van der Waals surface area contributed by atoms with Gasteiger partial charge in [-0.3, -0.25) is 25.0 Å². The first-order valence-corrected chi connectivity index (χ1v) is 19.6. The van der Waals surface area contributed by atoms with Crippen LogP contribution in [0.5, 0.6) is 0 Å². The van der Waals surface area contributed by atoms with Gasteiger partial charge in [-0.15, -0.1) is 10.2 Å². The number of nitrogens with zero attached hydrogens (tertiary/aromatic N) is 8. The number of hydrogen-bond donors (Lipinski definition) is 2. The fraction of sp³-hybridized carbons (Fsp3) is 0.200. The molecule has 0 saturated carbocycles.